The summed E-state index contributed by atoms with van der Waals surface area (Å²) >= 11 is 0. The summed E-state index contributed by atoms with van der Waals surface area (Å²) in [5.74, 6) is 0.437. The van der Waals surface area contributed by atoms with E-state index in [2.05, 4.69) is 4.98 Å². The molecular weight excluding hydrogens is 292 g/mol. The second-order valence-electron chi connectivity index (χ2n) is 5.61. The van der Waals surface area contributed by atoms with Crippen LogP contribution in [0.2, 0.25) is 0 Å². The molecule has 23 heavy (non-hydrogen) atoms. The molecule has 6 heteroatoms. The van der Waals surface area contributed by atoms with E-state index in [-0.39, 0.29) is 11.3 Å². The van der Waals surface area contributed by atoms with Crippen molar-refractivity contribution in [3.05, 3.63) is 58.3 Å². The third-order valence-electron chi connectivity index (χ3n) is 3.92. The van der Waals surface area contributed by atoms with E-state index in [1.165, 1.54) is 4.57 Å². The molecule has 1 aromatic carbocycles. The summed E-state index contributed by atoms with van der Waals surface area (Å²) < 4.78 is 3.20. The Balaban J connectivity index is 2.34. The first-order valence-corrected chi connectivity index (χ1v) is 7.19. The van der Waals surface area contributed by atoms with Crippen LogP contribution in [-0.4, -0.2) is 19.2 Å². The lowest BCUT2D eigenvalue weighted by Crippen LogP contribution is -2.24. The van der Waals surface area contributed by atoms with Gasteiger partial charge < -0.3 is 15.4 Å². The van der Waals surface area contributed by atoms with Gasteiger partial charge in [-0.1, -0.05) is 6.07 Å². The molecule has 0 saturated heterocycles. The number of nitrogens with two attached hydrogens (primary N) is 1. The van der Waals surface area contributed by atoms with Crippen molar-refractivity contribution in [2.45, 2.75) is 13.8 Å². The van der Waals surface area contributed by atoms with E-state index in [0.717, 1.165) is 5.56 Å². The predicted molar refractivity (Wildman–Crippen MR) is 89.8 cm³/mol. The smallest absolute Gasteiger partial charge is 0.266 e. The van der Waals surface area contributed by atoms with Crippen molar-refractivity contribution in [2.75, 3.05) is 5.73 Å². The number of aromatic hydroxyl groups is 1. The van der Waals surface area contributed by atoms with Crippen molar-refractivity contribution in [1.82, 2.24) is 14.1 Å². The number of anilines is 1. The topological polar surface area (TPSA) is 86.1 Å². The highest BCUT2D eigenvalue weighted by atomic mass is 16.3. The third-order valence-corrected chi connectivity index (χ3v) is 3.92. The highest BCUT2D eigenvalue weighted by Crippen LogP contribution is 2.28. The molecule has 118 valence electrons. The van der Waals surface area contributed by atoms with Crippen LogP contribution < -0.4 is 11.3 Å². The Labute approximate surface area is 133 Å². The van der Waals surface area contributed by atoms with Gasteiger partial charge in [0.15, 0.2) is 0 Å². The Bertz CT molecular complexity index is 954. The average molecular weight is 310 g/mol. The van der Waals surface area contributed by atoms with Gasteiger partial charge in [-0.25, -0.2) is 4.98 Å². The van der Waals surface area contributed by atoms with Crippen molar-refractivity contribution in [3.63, 3.8) is 0 Å². The van der Waals surface area contributed by atoms with Crippen molar-refractivity contribution >= 4 is 5.82 Å². The standard InChI is InChI=1S/C17H18N4O2/c1-10-4-6-14(22)11(2)16(10)21-15(18)7-5-12(17(21)23)13-8-20(3)9-19-13/h4-9,22H,18H2,1-3H3. The number of aromatic nitrogens is 3. The molecule has 0 aliphatic rings. The molecule has 0 bridgehead atoms. The van der Waals surface area contributed by atoms with Gasteiger partial charge in [-0.05, 0) is 37.6 Å². The van der Waals surface area contributed by atoms with Crippen molar-refractivity contribution in [3.8, 4) is 22.7 Å². The molecule has 0 atom stereocenters. The molecule has 3 rings (SSSR count). The van der Waals surface area contributed by atoms with Gasteiger partial charge in [0.2, 0.25) is 0 Å². The minimum absolute atomic E-state index is 0.125. The second kappa shape index (κ2) is 5.31. The van der Waals surface area contributed by atoms with Crippen LogP contribution in [0, 0.1) is 13.8 Å². The molecule has 0 radical (unpaired) electrons. The molecule has 0 unspecified atom stereocenters. The summed E-state index contributed by atoms with van der Waals surface area (Å²) in [6.45, 7) is 3.64. The zero-order valence-corrected chi connectivity index (χ0v) is 13.2. The minimum atomic E-state index is -0.263. The summed E-state index contributed by atoms with van der Waals surface area (Å²) in [5.41, 5.74) is 8.90. The molecule has 0 aliphatic heterocycles. The Hall–Kier alpha value is -3.02. The monoisotopic (exact) mass is 310 g/mol. The minimum Gasteiger partial charge on any atom is -0.508 e. The summed E-state index contributed by atoms with van der Waals surface area (Å²) in [7, 11) is 1.84. The highest BCUT2D eigenvalue weighted by molar-refractivity contribution is 5.63. The molecule has 0 fully saturated rings. The van der Waals surface area contributed by atoms with E-state index in [1.54, 1.807) is 48.3 Å². The van der Waals surface area contributed by atoms with Crippen LogP contribution in [0.5, 0.6) is 5.75 Å². The van der Waals surface area contributed by atoms with Gasteiger partial charge in [0, 0.05) is 18.8 Å². The molecule has 2 heterocycles. The van der Waals surface area contributed by atoms with Gasteiger partial charge in [-0.3, -0.25) is 9.36 Å². The first-order chi connectivity index (χ1) is 10.9. The fraction of sp³-hybridized carbons (Fsp3) is 0.176. The number of nitrogens with zero attached hydrogens (tertiary/aromatic N) is 3. The van der Waals surface area contributed by atoms with Crippen LogP contribution in [0.3, 0.4) is 0 Å². The predicted octanol–water partition coefficient (Wildman–Crippen LogP) is 2.14. The number of hydrogen-bond acceptors (Lipinski definition) is 4. The Morgan fingerprint density at radius 3 is 2.57 bits per heavy atom. The van der Waals surface area contributed by atoms with Crippen molar-refractivity contribution < 1.29 is 5.11 Å². The number of imidazole rings is 1. The molecule has 3 N–H and O–H groups in total. The van der Waals surface area contributed by atoms with E-state index < -0.39 is 0 Å². The average Bonchev–Trinajstić information content (AvgIpc) is 2.93. The van der Waals surface area contributed by atoms with Crippen LogP contribution >= 0.6 is 0 Å². The molecular formula is C17H18N4O2. The quantitative estimate of drug-likeness (QED) is 0.759. The molecule has 2 aromatic heterocycles. The first-order valence-electron chi connectivity index (χ1n) is 7.19. The van der Waals surface area contributed by atoms with Gasteiger partial charge in [0.05, 0.1) is 23.3 Å². The van der Waals surface area contributed by atoms with Crippen LogP contribution in [-0.2, 0) is 7.05 Å². The SMILES string of the molecule is Cc1ccc(O)c(C)c1-n1c(N)ccc(-c2cn(C)cn2)c1=O. The van der Waals surface area contributed by atoms with E-state index in [4.69, 9.17) is 5.73 Å². The normalized spacial score (nSPS) is 10.9. The maximum atomic E-state index is 13.0. The number of pyridine rings is 1. The summed E-state index contributed by atoms with van der Waals surface area (Å²) in [6, 6.07) is 6.72. The fourth-order valence-corrected chi connectivity index (χ4v) is 2.70. The summed E-state index contributed by atoms with van der Waals surface area (Å²) in [5, 5.41) is 9.99. The van der Waals surface area contributed by atoms with Gasteiger partial charge in [-0.15, -0.1) is 0 Å². The third kappa shape index (κ3) is 2.38. The first kappa shape index (κ1) is 14.9. The number of phenols is 1. The van der Waals surface area contributed by atoms with Gasteiger partial charge in [0.1, 0.15) is 11.6 Å². The van der Waals surface area contributed by atoms with Gasteiger partial charge in [0.25, 0.3) is 5.56 Å². The Morgan fingerprint density at radius 2 is 1.91 bits per heavy atom. The lowest BCUT2D eigenvalue weighted by atomic mass is 10.1. The largest absolute Gasteiger partial charge is 0.508 e. The van der Waals surface area contributed by atoms with E-state index in [0.29, 0.717) is 28.3 Å². The zero-order valence-electron chi connectivity index (χ0n) is 13.2. The lowest BCUT2D eigenvalue weighted by Gasteiger charge is -2.16. The fourth-order valence-electron chi connectivity index (χ4n) is 2.70. The number of aryl methyl sites for hydroxylation is 2. The molecule has 3 aromatic rings. The van der Waals surface area contributed by atoms with Gasteiger partial charge >= 0.3 is 0 Å². The lowest BCUT2D eigenvalue weighted by molar-refractivity contribution is 0.470. The maximum Gasteiger partial charge on any atom is 0.266 e. The van der Waals surface area contributed by atoms with Crippen LogP contribution in [0.25, 0.3) is 16.9 Å². The van der Waals surface area contributed by atoms with E-state index in [9.17, 15) is 9.90 Å². The summed E-state index contributed by atoms with van der Waals surface area (Å²) in [6.07, 6.45) is 3.42. The molecule has 0 spiro atoms. The number of rotatable bonds is 2. The summed E-state index contributed by atoms with van der Waals surface area (Å²) in [4.78, 5) is 17.2. The maximum absolute atomic E-state index is 13.0. The Morgan fingerprint density at radius 1 is 1.17 bits per heavy atom. The molecule has 0 aliphatic carbocycles. The number of hydrogen-bond donors (Lipinski definition) is 2. The molecule has 6 nitrogen and oxygen atoms in total. The number of phenolic OH excluding ortho intramolecular Hbond substituents is 1. The molecule has 0 saturated carbocycles. The van der Waals surface area contributed by atoms with Crippen LogP contribution in [0.15, 0.2) is 41.6 Å². The van der Waals surface area contributed by atoms with Crippen molar-refractivity contribution in [2.24, 2.45) is 7.05 Å². The highest BCUT2D eigenvalue weighted by Gasteiger charge is 2.16. The van der Waals surface area contributed by atoms with Crippen LogP contribution in [0.4, 0.5) is 5.82 Å². The number of benzene rings is 1. The van der Waals surface area contributed by atoms with Gasteiger partial charge in [-0.2, -0.15) is 0 Å². The second-order valence-corrected chi connectivity index (χ2v) is 5.61. The van der Waals surface area contributed by atoms with Crippen molar-refractivity contribution in [1.29, 1.82) is 0 Å². The van der Waals surface area contributed by atoms with E-state index >= 15 is 0 Å². The number of nitrogen functional groups attached to an aromatic ring is 1. The molecule has 0 amide bonds. The Kier molecular flexibility index (Phi) is 3.44. The van der Waals surface area contributed by atoms with Crippen LogP contribution in [0.1, 0.15) is 11.1 Å². The zero-order chi connectivity index (χ0) is 16.7. The van der Waals surface area contributed by atoms with E-state index in [1.807, 2.05) is 14.0 Å².